The van der Waals surface area contributed by atoms with Gasteiger partial charge in [-0.15, -0.1) is 0 Å². The Balaban J connectivity index is 2.30. The Morgan fingerprint density at radius 3 is 2.30 bits per heavy atom. The molecule has 6 heteroatoms. The summed E-state index contributed by atoms with van der Waals surface area (Å²) in [6, 6.07) is 0. The first-order chi connectivity index (χ1) is 9.12. The van der Waals surface area contributed by atoms with Crippen LogP contribution in [-0.4, -0.2) is 49.0 Å². The number of ether oxygens (including phenoxy) is 2. The Hall–Kier alpha value is -1.59. The van der Waals surface area contributed by atoms with Gasteiger partial charge in [0.25, 0.3) is 5.91 Å². The maximum atomic E-state index is 12.7. The monoisotopic (exact) mass is 283 g/mol. The molecule has 0 N–H and O–H groups in total. The minimum Gasteiger partial charge on any atom is -0.468 e. The number of methoxy groups -OCH3 is 1. The molecule has 0 spiro atoms. The Labute approximate surface area is 118 Å². The lowest BCUT2D eigenvalue weighted by Gasteiger charge is -2.37. The van der Waals surface area contributed by atoms with Gasteiger partial charge in [-0.3, -0.25) is 14.4 Å². The fraction of sp³-hybridized carbons (Fsp3) is 0.786. The second kappa shape index (κ2) is 4.20. The summed E-state index contributed by atoms with van der Waals surface area (Å²) in [5.41, 5.74) is -2.41. The molecule has 1 heterocycles. The van der Waals surface area contributed by atoms with Gasteiger partial charge in [0, 0.05) is 12.5 Å². The van der Waals surface area contributed by atoms with Crippen molar-refractivity contribution in [2.45, 2.75) is 39.2 Å². The smallest absolute Gasteiger partial charge is 0.325 e. The van der Waals surface area contributed by atoms with Gasteiger partial charge in [0.15, 0.2) is 5.60 Å². The number of esters is 2. The molecule has 1 aliphatic carbocycles. The number of likely N-dealkylation sites (N-methyl/N-ethyl adjacent to an activating group) is 1. The van der Waals surface area contributed by atoms with Gasteiger partial charge >= 0.3 is 11.9 Å². The van der Waals surface area contributed by atoms with Crippen LogP contribution in [0.3, 0.4) is 0 Å². The molecular formula is C14H21NO5. The zero-order valence-electron chi connectivity index (χ0n) is 12.6. The topological polar surface area (TPSA) is 72.9 Å². The summed E-state index contributed by atoms with van der Waals surface area (Å²) in [7, 11) is 2.79. The molecule has 1 aliphatic heterocycles. The van der Waals surface area contributed by atoms with E-state index in [1.54, 1.807) is 0 Å². The van der Waals surface area contributed by atoms with Crippen LogP contribution in [0.4, 0.5) is 0 Å². The van der Waals surface area contributed by atoms with Crippen molar-refractivity contribution in [2.24, 2.45) is 10.8 Å². The highest BCUT2D eigenvalue weighted by Crippen LogP contribution is 2.65. The van der Waals surface area contributed by atoms with E-state index in [-0.39, 0.29) is 18.4 Å². The minimum absolute atomic E-state index is 0.151. The number of carbonyl (C=O) groups is 3. The maximum Gasteiger partial charge on any atom is 0.325 e. The third-order valence-electron chi connectivity index (χ3n) is 5.37. The Morgan fingerprint density at radius 1 is 1.30 bits per heavy atom. The normalized spacial score (nSPS) is 33.8. The molecule has 1 saturated carbocycles. The molecule has 0 radical (unpaired) electrons. The quantitative estimate of drug-likeness (QED) is 0.714. The van der Waals surface area contributed by atoms with Crippen molar-refractivity contribution in [1.29, 1.82) is 0 Å². The number of hydrogen-bond donors (Lipinski definition) is 0. The summed E-state index contributed by atoms with van der Waals surface area (Å²) in [4.78, 5) is 37.4. The van der Waals surface area contributed by atoms with Crippen LogP contribution in [0.2, 0.25) is 0 Å². The molecule has 1 amide bonds. The number of nitrogens with zero attached hydrogens (tertiary/aromatic N) is 1. The van der Waals surface area contributed by atoms with Crippen molar-refractivity contribution in [3.8, 4) is 0 Å². The van der Waals surface area contributed by atoms with Crippen molar-refractivity contribution < 1.29 is 23.9 Å². The van der Waals surface area contributed by atoms with Gasteiger partial charge in [-0.05, 0) is 19.8 Å². The zero-order valence-corrected chi connectivity index (χ0v) is 12.6. The van der Waals surface area contributed by atoms with Crippen LogP contribution in [0.5, 0.6) is 0 Å². The van der Waals surface area contributed by atoms with E-state index in [1.807, 2.05) is 20.8 Å². The third-order valence-corrected chi connectivity index (χ3v) is 5.37. The van der Waals surface area contributed by atoms with Gasteiger partial charge in [0.2, 0.25) is 0 Å². The average molecular weight is 283 g/mol. The molecule has 2 bridgehead atoms. The molecule has 6 nitrogen and oxygen atoms in total. The standard InChI is InChI=1S/C14H21NO5/c1-12(2)13(3)6-7-14(12,20-11(13)18)10(17)15(4)8-9(16)19-5/h6-8H2,1-5H3/t13-,14-/m0/s1. The van der Waals surface area contributed by atoms with Gasteiger partial charge < -0.3 is 14.4 Å². The molecule has 2 fully saturated rings. The molecule has 0 aromatic heterocycles. The lowest BCUT2D eigenvalue weighted by Crippen LogP contribution is -2.54. The summed E-state index contributed by atoms with van der Waals surface area (Å²) in [5.74, 6) is -1.16. The summed E-state index contributed by atoms with van der Waals surface area (Å²) < 4.78 is 10.0. The highest BCUT2D eigenvalue weighted by Gasteiger charge is 2.76. The number of carbonyl (C=O) groups excluding carboxylic acids is 3. The van der Waals surface area contributed by atoms with Gasteiger partial charge in [0.05, 0.1) is 12.5 Å². The fourth-order valence-corrected chi connectivity index (χ4v) is 3.36. The molecule has 0 unspecified atom stereocenters. The largest absolute Gasteiger partial charge is 0.468 e. The first-order valence-electron chi connectivity index (χ1n) is 6.68. The number of rotatable bonds is 3. The molecule has 2 aliphatic rings. The lowest BCUT2D eigenvalue weighted by molar-refractivity contribution is -0.174. The van der Waals surface area contributed by atoms with E-state index in [0.717, 1.165) is 0 Å². The number of hydrogen-bond acceptors (Lipinski definition) is 5. The summed E-state index contributed by atoms with van der Waals surface area (Å²) in [6.07, 6.45) is 1.11. The van der Waals surface area contributed by atoms with Crippen LogP contribution in [0.1, 0.15) is 33.6 Å². The second-order valence-electron chi connectivity index (χ2n) is 6.41. The SMILES string of the molecule is COC(=O)CN(C)C(=O)[C@]12CC[C@@](C)(C(=O)O1)C2(C)C. The molecule has 20 heavy (non-hydrogen) atoms. The predicted molar refractivity (Wildman–Crippen MR) is 69.6 cm³/mol. The fourth-order valence-electron chi connectivity index (χ4n) is 3.36. The Bertz CT molecular complexity index is 486. The average Bonchev–Trinajstić information content (AvgIpc) is 2.67. The van der Waals surface area contributed by atoms with E-state index in [2.05, 4.69) is 4.74 Å². The molecule has 0 aromatic rings. The van der Waals surface area contributed by atoms with Crippen LogP contribution in [0, 0.1) is 10.8 Å². The van der Waals surface area contributed by atoms with Gasteiger partial charge in [-0.2, -0.15) is 0 Å². The molecule has 1 saturated heterocycles. The summed E-state index contributed by atoms with van der Waals surface area (Å²) in [5, 5.41) is 0. The number of amides is 1. The Morgan fingerprint density at radius 2 is 1.90 bits per heavy atom. The molecule has 112 valence electrons. The highest BCUT2D eigenvalue weighted by atomic mass is 16.6. The van der Waals surface area contributed by atoms with E-state index in [0.29, 0.717) is 12.8 Å². The van der Waals surface area contributed by atoms with Crippen LogP contribution in [0.25, 0.3) is 0 Å². The van der Waals surface area contributed by atoms with Crippen LogP contribution in [0.15, 0.2) is 0 Å². The van der Waals surface area contributed by atoms with Crippen molar-refractivity contribution in [2.75, 3.05) is 20.7 Å². The van der Waals surface area contributed by atoms with Gasteiger partial charge in [-0.1, -0.05) is 13.8 Å². The zero-order chi connectivity index (χ0) is 15.3. The van der Waals surface area contributed by atoms with E-state index in [4.69, 9.17) is 4.74 Å². The van der Waals surface area contributed by atoms with Crippen LogP contribution in [-0.2, 0) is 23.9 Å². The lowest BCUT2D eigenvalue weighted by atomic mass is 9.66. The van der Waals surface area contributed by atoms with E-state index in [1.165, 1.54) is 19.1 Å². The molecule has 2 atom stereocenters. The van der Waals surface area contributed by atoms with Crippen LogP contribution >= 0.6 is 0 Å². The second-order valence-corrected chi connectivity index (χ2v) is 6.41. The van der Waals surface area contributed by atoms with Crippen molar-refractivity contribution >= 4 is 17.8 Å². The molecule has 0 aromatic carbocycles. The van der Waals surface area contributed by atoms with E-state index in [9.17, 15) is 14.4 Å². The predicted octanol–water partition coefficient (Wildman–Crippen LogP) is 0.740. The third kappa shape index (κ3) is 1.53. The van der Waals surface area contributed by atoms with Gasteiger partial charge in [-0.25, -0.2) is 0 Å². The minimum atomic E-state index is -1.17. The molecule has 2 rings (SSSR count). The molecular weight excluding hydrogens is 262 g/mol. The van der Waals surface area contributed by atoms with Gasteiger partial charge in [0.1, 0.15) is 6.54 Å². The number of fused-ring (bicyclic) bond motifs is 2. The van der Waals surface area contributed by atoms with E-state index < -0.39 is 22.4 Å². The highest BCUT2D eigenvalue weighted by molar-refractivity contribution is 5.97. The Kier molecular flexibility index (Phi) is 3.11. The summed E-state index contributed by atoms with van der Waals surface area (Å²) in [6.45, 7) is 5.46. The summed E-state index contributed by atoms with van der Waals surface area (Å²) >= 11 is 0. The first-order valence-corrected chi connectivity index (χ1v) is 6.68. The maximum absolute atomic E-state index is 12.7. The van der Waals surface area contributed by atoms with Crippen LogP contribution < -0.4 is 0 Å². The van der Waals surface area contributed by atoms with Crippen molar-refractivity contribution in [3.63, 3.8) is 0 Å². The first kappa shape index (κ1) is 14.8. The van der Waals surface area contributed by atoms with Crippen molar-refractivity contribution in [3.05, 3.63) is 0 Å². The van der Waals surface area contributed by atoms with Crippen molar-refractivity contribution in [1.82, 2.24) is 4.90 Å². The van der Waals surface area contributed by atoms with E-state index >= 15 is 0 Å².